The number of rotatable bonds is 1. The van der Waals surface area contributed by atoms with Gasteiger partial charge in [0.2, 0.25) is 5.91 Å². The maximum Gasteiger partial charge on any atom is 0.225 e. The van der Waals surface area contributed by atoms with Crippen molar-refractivity contribution in [3.8, 4) is 0 Å². The summed E-state index contributed by atoms with van der Waals surface area (Å²) < 4.78 is 0. The SMILES string of the molecule is CC(C)C(=O)N1CCC2(CCCCC2)CC1. The first-order chi connectivity index (χ1) is 7.63. The van der Waals surface area contributed by atoms with Crippen LogP contribution in [0.5, 0.6) is 0 Å². The third-order valence-electron chi connectivity index (χ3n) is 4.54. The Kier molecular flexibility index (Phi) is 3.56. The summed E-state index contributed by atoms with van der Waals surface area (Å²) in [4.78, 5) is 14.0. The number of amides is 1. The minimum absolute atomic E-state index is 0.167. The lowest BCUT2D eigenvalue weighted by Gasteiger charge is -2.44. The van der Waals surface area contributed by atoms with Gasteiger partial charge in [-0.3, -0.25) is 4.79 Å². The standard InChI is InChI=1S/C14H25NO/c1-12(2)13(16)15-10-8-14(9-11-15)6-4-3-5-7-14/h12H,3-11H2,1-2H3. The number of nitrogens with zero attached hydrogens (tertiary/aromatic N) is 1. The van der Waals surface area contributed by atoms with Crippen LogP contribution in [0.2, 0.25) is 0 Å². The smallest absolute Gasteiger partial charge is 0.225 e. The molecule has 1 amide bonds. The molecular weight excluding hydrogens is 198 g/mol. The zero-order chi connectivity index (χ0) is 11.6. The van der Waals surface area contributed by atoms with Gasteiger partial charge >= 0.3 is 0 Å². The molecule has 1 heterocycles. The van der Waals surface area contributed by atoms with Gasteiger partial charge in [0.25, 0.3) is 0 Å². The highest BCUT2D eigenvalue weighted by Gasteiger charge is 2.36. The maximum absolute atomic E-state index is 11.9. The Hall–Kier alpha value is -0.530. The molecule has 0 bridgehead atoms. The van der Waals surface area contributed by atoms with E-state index >= 15 is 0 Å². The number of hydrogen-bond donors (Lipinski definition) is 0. The van der Waals surface area contributed by atoms with Crippen LogP contribution >= 0.6 is 0 Å². The molecule has 2 rings (SSSR count). The zero-order valence-corrected chi connectivity index (χ0v) is 10.8. The molecule has 0 N–H and O–H groups in total. The van der Waals surface area contributed by atoms with E-state index in [1.165, 1.54) is 44.9 Å². The fourth-order valence-electron chi connectivity index (χ4n) is 3.37. The van der Waals surface area contributed by atoms with E-state index in [4.69, 9.17) is 0 Å². The highest BCUT2D eigenvalue weighted by molar-refractivity contribution is 5.78. The number of piperidine rings is 1. The van der Waals surface area contributed by atoms with Crippen molar-refractivity contribution in [3.05, 3.63) is 0 Å². The second kappa shape index (κ2) is 4.77. The van der Waals surface area contributed by atoms with Gasteiger partial charge in [-0.05, 0) is 31.1 Å². The van der Waals surface area contributed by atoms with Crippen molar-refractivity contribution in [2.24, 2.45) is 11.3 Å². The molecule has 1 spiro atoms. The van der Waals surface area contributed by atoms with Crippen molar-refractivity contribution in [3.63, 3.8) is 0 Å². The van der Waals surface area contributed by atoms with Crippen molar-refractivity contribution in [2.75, 3.05) is 13.1 Å². The van der Waals surface area contributed by atoms with Gasteiger partial charge in [-0.1, -0.05) is 33.1 Å². The summed E-state index contributed by atoms with van der Waals surface area (Å²) in [6.45, 7) is 6.04. The Morgan fingerprint density at radius 1 is 1.00 bits per heavy atom. The van der Waals surface area contributed by atoms with Crippen LogP contribution in [0.1, 0.15) is 58.8 Å². The number of carbonyl (C=O) groups excluding carboxylic acids is 1. The van der Waals surface area contributed by atoms with Crippen LogP contribution in [0.3, 0.4) is 0 Å². The van der Waals surface area contributed by atoms with E-state index in [1.807, 2.05) is 13.8 Å². The number of carbonyl (C=O) groups is 1. The molecule has 2 heteroatoms. The molecule has 1 aliphatic heterocycles. The summed E-state index contributed by atoms with van der Waals surface area (Å²) in [5.41, 5.74) is 0.617. The Morgan fingerprint density at radius 3 is 2.06 bits per heavy atom. The van der Waals surface area contributed by atoms with Gasteiger partial charge in [0.1, 0.15) is 0 Å². The average molecular weight is 223 g/mol. The summed E-state index contributed by atoms with van der Waals surface area (Å²) in [7, 11) is 0. The van der Waals surface area contributed by atoms with Gasteiger partial charge in [0.15, 0.2) is 0 Å². The summed E-state index contributed by atoms with van der Waals surface area (Å²) in [6, 6.07) is 0. The van der Waals surface area contributed by atoms with Crippen LogP contribution in [-0.4, -0.2) is 23.9 Å². The maximum atomic E-state index is 11.9. The molecule has 1 aliphatic carbocycles. The molecule has 0 aromatic carbocycles. The second-order valence-electron chi connectivity index (χ2n) is 6.04. The molecule has 1 saturated heterocycles. The topological polar surface area (TPSA) is 20.3 Å². The third-order valence-corrected chi connectivity index (χ3v) is 4.54. The van der Waals surface area contributed by atoms with Crippen molar-refractivity contribution in [2.45, 2.75) is 58.8 Å². The van der Waals surface area contributed by atoms with E-state index < -0.39 is 0 Å². The monoisotopic (exact) mass is 223 g/mol. The van der Waals surface area contributed by atoms with Gasteiger partial charge < -0.3 is 4.90 Å². The summed E-state index contributed by atoms with van der Waals surface area (Å²) in [5.74, 6) is 0.520. The molecule has 0 aromatic rings. The van der Waals surface area contributed by atoms with Crippen LogP contribution in [0.15, 0.2) is 0 Å². The van der Waals surface area contributed by atoms with Crippen LogP contribution in [-0.2, 0) is 4.79 Å². The Labute approximate surface area is 99.4 Å². The molecule has 92 valence electrons. The Morgan fingerprint density at radius 2 is 1.56 bits per heavy atom. The Bertz CT molecular complexity index is 243. The molecule has 2 fully saturated rings. The molecule has 16 heavy (non-hydrogen) atoms. The van der Waals surface area contributed by atoms with Gasteiger partial charge in [-0.2, -0.15) is 0 Å². The summed E-state index contributed by atoms with van der Waals surface area (Å²) in [5, 5.41) is 0. The molecule has 0 unspecified atom stereocenters. The largest absolute Gasteiger partial charge is 0.342 e. The van der Waals surface area contributed by atoms with Crippen LogP contribution < -0.4 is 0 Å². The van der Waals surface area contributed by atoms with E-state index in [2.05, 4.69) is 4.90 Å². The average Bonchev–Trinajstić information content (AvgIpc) is 2.30. The quantitative estimate of drug-likeness (QED) is 0.668. The normalized spacial score (nSPS) is 25.1. The van der Waals surface area contributed by atoms with Crippen molar-refractivity contribution >= 4 is 5.91 Å². The lowest BCUT2D eigenvalue weighted by atomic mass is 9.68. The number of hydrogen-bond acceptors (Lipinski definition) is 1. The van der Waals surface area contributed by atoms with Crippen molar-refractivity contribution in [1.29, 1.82) is 0 Å². The molecular formula is C14H25NO. The lowest BCUT2D eigenvalue weighted by molar-refractivity contribution is -0.137. The highest BCUT2D eigenvalue weighted by atomic mass is 16.2. The van der Waals surface area contributed by atoms with Gasteiger partial charge in [-0.25, -0.2) is 0 Å². The summed E-state index contributed by atoms with van der Waals surface area (Å²) >= 11 is 0. The van der Waals surface area contributed by atoms with Gasteiger partial charge in [-0.15, -0.1) is 0 Å². The zero-order valence-electron chi connectivity index (χ0n) is 10.8. The molecule has 0 aromatic heterocycles. The molecule has 0 radical (unpaired) electrons. The first-order valence-electron chi connectivity index (χ1n) is 6.92. The van der Waals surface area contributed by atoms with E-state index in [1.54, 1.807) is 0 Å². The predicted molar refractivity (Wildman–Crippen MR) is 66.2 cm³/mol. The second-order valence-corrected chi connectivity index (χ2v) is 6.04. The van der Waals surface area contributed by atoms with Crippen LogP contribution in [0.4, 0.5) is 0 Å². The fraction of sp³-hybridized carbons (Fsp3) is 0.929. The van der Waals surface area contributed by atoms with Crippen molar-refractivity contribution < 1.29 is 4.79 Å². The van der Waals surface area contributed by atoms with Crippen LogP contribution in [0.25, 0.3) is 0 Å². The molecule has 0 atom stereocenters. The van der Waals surface area contributed by atoms with E-state index in [9.17, 15) is 4.79 Å². The number of likely N-dealkylation sites (tertiary alicyclic amines) is 1. The van der Waals surface area contributed by atoms with E-state index in [-0.39, 0.29) is 5.92 Å². The molecule has 2 aliphatic rings. The fourth-order valence-corrected chi connectivity index (χ4v) is 3.37. The predicted octanol–water partition coefficient (Wildman–Crippen LogP) is 3.22. The summed E-state index contributed by atoms with van der Waals surface area (Å²) in [6.07, 6.45) is 9.59. The van der Waals surface area contributed by atoms with Gasteiger partial charge in [0.05, 0.1) is 0 Å². The Balaban J connectivity index is 1.88. The van der Waals surface area contributed by atoms with E-state index in [0.29, 0.717) is 11.3 Å². The minimum atomic E-state index is 0.167. The van der Waals surface area contributed by atoms with E-state index in [0.717, 1.165) is 13.1 Å². The third kappa shape index (κ3) is 2.41. The lowest BCUT2D eigenvalue weighted by Crippen LogP contribution is -2.45. The highest BCUT2D eigenvalue weighted by Crippen LogP contribution is 2.44. The minimum Gasteiger partial charge on any atom is -0.342 e. The van der Waals surface area contributed by atoms with Crippen molar-refractivity contribution in [1.82, 2.24) is 4.90 Å². The molecule has 1 saturated carbocycles. The van der Waals surface area contributed by atoms with Crippen LogP contribution in [0, 0.1) is 11.3 Å². The first-order valence-corrected chi connectivity index (χ1v) is 6.92. The van der Waals surface area contributed by atoms with Gasteiger partial charge in [0, 0.05) is 19.0 Å². The molecule has 2 nitrogen and oxygen atoms in total. The first kappa shape index (κ1) is 11.9.